The van der Waals surface area contributed by atoms with Crippen LogP contribution in [-0.2, 0) is 6.61 Å². The van der Waals surface area contributed by atoms with Crippen LogP contribution >= 0.6 is 23.2 Å². The van der Waals surface area contributed by atoms with Gasteiger partial charge in [0.15, 0.2) is 0 Å². The summed E-state index contributed by atoms with van der Waals surface area (Å²) in [5.41, 5.74) is 0.0575. The summed E-state index contributed by atoms with van der Waals surface area (Å²) in [5.74, 6) is 0.347. The molecule has 0 saturated carbocycles. The predicted octanol–water partition coefficient (Wildman–Crippen LogP) is 4.63. The van der Waals surface area contributed by atoms with Gasteiger partial charge in [0.25, 0.3) is 0 Å². The minimum Gasteiger partial charge on any atom is -0.489 e. The number of ether oxygens (including phenoxy) is 1. The normalized spacial score (nSPS) is 11.4. The Morgan fingerprint density at radius 2 is 1.60 bits per heavy atom. The van der Waals surface area contributed by atoms with Crippen molar-refractivity contribution in [2.24, 2.45) is 0 Å². The van der Waals surface area contributed by atoms with Crippen LogP contribution in [0.4, 0.5) is 12.9 Å². The van der Waals surface area contributed by atoms with E-state index in [2.05, 4.69) is 0 Å². The molecule has 2 aromatic rings. The topological polar surface area (TPSA) is 9.23 Å². The second kappa shape index (κ2) is 5.98. The first kappa shape index (κ1) is 15.1. The maximum Gasteiger partial charge on any atom is 0.509 e. The zero-order valence-electron chi connectivity index (χ0n) is 10.1. The fourth-order valence-electron chi connectivity index (χ4n) is 1.58. The third-order valence-corrected chi connectivity index (χ3v) is 3.25. The smallest absolute Gasteiger partial charge is 0.489 e. The van der Waals surface area contributed by atoms with Crippen molar-refractivity contribution in [2.75, 3.05) is 0 Å². The molecule has 0 amide bonds. The van der Waals surface area contributed by atoms with Gasteiger partial charge >= 0.3 is 6.98 Å². The summed E-state index contributed by atoms with van der Waals surface area (Å²) in [6.45, 7) is -4.82. The highest BCUT2D eigenvalue weighted by Crippen LogP contribution is 2.22. The van der Waals surface area contributed by atoms with Gasteiger partial charge in [0.2, 0.25) is 0 Å². The molecule has 0 saturated heterocycles. The van der Waals surface area contributed by atoms with E-state index in [-0.39, 0.29) is 6.61 Å². The second-order valence-corrected chi connectivity index (χ2v) is 5.01. The van der Waals surface area contributed by atoms with Crippen molar-refractivity contribution >= 4 is 35.6 Å². The van der Waals surface area contributed by atoms with E-state index in [1.165, 1.54) is 12.1 Å². The van der Waals surface area contributed by atoms with Crippen LogP contribution in [0.15, 0.2) is 42.5 Å². The van der Waals surface area contributed by atoms with Gasteiger partial charge in [-0.25, -0.2) is 0 Å². The Bertz CT molecular complexity index is 600. The maximum atomic E-state index is 12.5. The third kappa shape index (κ3) is 3.84. The highest BCUT2D eigenvalue weighted by molar-refractivity contribution is 6.73. The van der Waals surface area contributed by atoms with E-state index in [1.807, 2.05) is 0 Å². The highest BCUT2D eigenvalue weighted by atomic mass is 35.5. The van der Waals surface area contributed by atoms with Crippen molar-refractivity contribution in [3.63, 3.8) is 0 Å². The van der Waals surface area contributed by atoms with Gasteiger partial charge in [-0.3, -0.25) is 0 Å². The van der Waals surface area contributed by atoms with Crippen LogP contribution in [0.1, 0.15) is 5.56 Å². The van der Waals surface area contributed by atoms with Gasteiger partial charge in [0.05, 0.1) is 0 Å². The molecule has 0 spiro atoms. The molecular weight excluding hydrogens is 311 g/mol. The lowest BCUT2D eigenvalue weighted by molar-refractivity contribution is 0.306. The van der Waals surface area contributed by atoms with E-state index in [0.29, 0.717) is 21.4 Å². The fraction of sp³-hybridized carbons (Fsp3) is 0.0769. The molecule has 0 aliphatic carbocycles. The summed E-state index contributed by atoms with van der Waals surface area (Å²) >= 11 is 11.7. The molecule has 0 aliphatic rings. The molecule has 20 heavy (non-hydrogen) atoms. The molecule has 0 N–H and O–H groups in total. The zero-order valence-corrected chi connectivity index (χ0v) is 11.6. The summed E-state index contributed by atoms with van der Waals surface area (Å²) in [5, 5.41) is 0.961. The maximum absolute atomic E-state index is 12.5. The standard InChI is InChI=1S/C13H9BCl2F3O/c15-11-4-1-9(13(16)7-11)8-20-12-5-2-10(3-6-12)14(17,18)19/h1-7H,8H2/q-1. The monoisotopic (exact) mass is 319 g/mol. The Balaban J connectivity index is 2.04. The van der Waals surface area contributed by atoms with Gasteiger partial charge in [-0.1, -0.05) is 41.4 Å². The average Bonchev–Trinajstić information content (AvgIpc) is 2.37. The van der Waals surface area contributed by atoms with Crippen molar-refractivity contribution in [3.05, 3.63) is 58.1 Å². The number of hydrogen-bond donors (Lipinski definition) is 0. The van der Waals surface area contributed by atoms with Gasteiger partial charge in [-0.05, 0) is 24.3 Å². The van der Waals surface area contributed by atoms with E-state index < -0.39 is 12.4 Å². The predicted molar refractivity (Wildman–Crippen MR) is 75.9 cm³/mol. The molecule has 0 fully saturated rings. The lowest BCUT2D eigenvalue weighted by atomic mass is 9.80. The van der Waals surface area contributed by atoms with Crippen LogP contribution in [0.2, 0.25) is 10.0 Å². The molecule has 0 aromatic heterocycles. The average molecular weight is 320 g/mol. The van der Waals surface area contributed by atoms with Crippen LogP contribution in [0.3, 0.4) is 0 Å². The van der Waals surface area contributed by atoms with Gasteiger partial charge < -0.3 is 17.7 Å². The van der Waals surface area contributed by atoms with Gasteiger partial charge in [0.1, 0.15) is 12.4 Å². The summed E-state index contributed by atoms with van der Waals surface area (Å²) in [6.07, 6.45) is 0. The van der Waals surface area contributed by atoms with Crippen LogP contribution < -0.4 is 10.2 Å². The van der Waals surface area contributed by atoms with Gasteiger partial charge in [-0.15, -0.1) is 5.46 Å². The Labute approximate surface area is 124 Å². The lowest BCUT2D eigenvalue weighted by Gasteiger charge is -2.15. The lowest BCUT2D eigenvalue weighted by Crippen LogP contribution is -2.33. The summed E-state index contributed by atoms with van der Waals surface area (Å²) in [7, 11) is 0. The summed E-state index contributed by atoms with van der Waals surface area (Å²) in [4.78, 5) is 0. The van der Waals surface area contributed by atoms with E-state index in [1.54, 1.807) is 18.2 Å². The minimum absolute atomic E-state index is 0.159. The molecule has 0 heterocycles. The first-order valence-corrected chi connectivity index (χ1v) is 6.48. The summed E-state index contributed by atoms with van der Waals surface area (Å²) < 4.78 is 42.8. The molecule has 7 heteroatoms. The molecule has 1 nitrogen and oxygen atoms in total. The molecule has 106 valence electrons. The molecule has 0 unspecified atom stereocenters. The number of halogens is 5. The van der Waals surface area contributed by atoms with Crippen molar-refractivity contribution in [2.45, 2.75) is 6.61 Å². The minimum atomic E-state index is -4.98. The molecule has 0 atom stereocenters. The molecule has 2 aromatic carbocycles. The van der Waals surface area contributed by atoms with Crippen molar-refractivity contribution < 1.29 is 17.7 Å². The number of hydrogen-bond acceptors (Lipinski definition) is 1. The van der Waals surface area contributed by atoms with Crippen molar-refractivity contribution in [1.29, 1.82) is 0 Å². The summed E-state index contributed by atoms with van der Waals surface area (Å²) in [6, 6.07) is 9.52. The second-order valence-electron chi connectivity index (χ2n) is 4.17. The quantitative estimate of drug-likeness (QED) is 0.747. The molecular formula is C13H9BCl2F3O-. The SMILES string of the molecule is F[B-](F)(F)c1ccc(OCc2ccc(Cl)cc2Cl)cc1. The van der Waals surface area contributed by atoms with Crippen molar-refractivity contribution in [1.82, 2.24) is 0 Å². The van der Waals surface area contributed by atoms with Crippen molar-refractivity contribution in [3.8, 4) is 5.75 Å². The largest absolute Gasteiger partial charge is 0.509 e. The van der Waals surface area contributed by atoms with Gasteiger partial charge in [-0.2, -0.15) is 0 Å². The van der Waals surface area contributed by atoms with Gasteiger partial charge in [0, 0.05) is 15.6 Å². The first-order valence-electron chi connectivity index (χ1n) is 5.73. The Kier molecular flexibility index (Phi) is 4.50. The molecule has 0 aliphatic heterocycles. The Morgan fingerprint density at radius 1 is 0.950 bits per heavy atom. The van der Waals surface area contributed by atoms with E-state index in [9.17, 15) is 12.9 Å². The van der Waals surface area contributed by atoms with Crippen LogP contribution in [0, 0.1) is 0 Å². The van der Waals surface area contributed by atoms with Crippen LogP contribution in [0.5, 0.6) is 5.75 Å². The zero-order chi connectivity index (χ0) is 14.8. The third-order valence-electron chi connectivity index (χ3n) is 2.67. The van der Waals surface area contributed by atoms with Crippen LogP contribution in [0.25, 0.3) is 0 Å². The highest BCUT2D eigenvalue weighted by Gasteiger charge is 2.24. The molecule has 0 bridgehead atoms. The van der Waals surface area contributed by atoms with E-state index in [0.717, 1.165) is 12.1 Å². The number of rotatable bonds is 4. The molecule has 0 radical (unpaired) electrons. The molecule has 2 rings (SSSR count). The van der Waals surface area contributed by atoms with E-state index in [4.69, 9.17) is 27.9 Å². The Hall–Kier alpha value is -1.33. The first-order chi connectivity index (χ1) is 9.36. The van der Waals surface area contributed by atoms with E-state index >= 15 is 0 Å². The fourth-order valence-corrected chi connectivity index (χ4v) is 2.05. The van der Waals surface area contributed by atoms with Crippen LogP contribution in [-0.4, -0.2) is 6.98 Å². The number of benzene rings is 2. The Morgan fingerprint density at radius 3 is 2.15 bits per heavy atom.